The fourth-order valence-corrected chi connectivity index (χ4v) is 3.98. The van der Waals surface area contributed by atoms with E-state index in [4.69, 9.17) is 11.6 Å². The monoisotopic (exact) mass is 339 g/mol. The molecule has 1 aliphatic rings. The van der Waals surface area contributed by atoms with Crippen LogP contribution >= 0.6 is 23.4 Å². The molecule has 0 aliphatic heterocycles. The highest BCUT2D eigenvalue weighted by atomic mass is 35.5. The molecule has 22 heavy (non-hydrogen) atoms. The molecular weight excluding hydrogens is 314 g/mol. The summed E-state index contributed by atoms with van der Waals surface area (Å²) in [6, 6.07) is 8.09. The Kier molecular flexibility index (Phi) is 7.61. The molecule has 0 radical (unpaired) electrons. The molecule has 1 N–H and O–H groups in total. The van der Waals surface area contributed by atoms with Crippen LogP contribution in [0.15, 0.2) is 29.2 Å². The Morgan fingerprint density at radius 1 is 1.18 bits per heavy atom. The molecule has 122 valence electrons. The van der Waals surface area contributed by atoms with Crippen molar-refractivity contribution < 1.29 is 4.79 Å². The smallest absolute Gasteiger partial charge is 0.233 e. The third kappa shape index (κ3) is 5.85. The summed E-state index contributed by atoms with van der Waals surface area (Å²) in [5, 5.41) is 3.99. The highest BCUT2D eigenvalue weighted by Crippen LogP contribution is 2.27. The summed E-state index contributed by atoms with van der Waals surface area (Å²) < 4.78 is 0. The summed E-state index contributed by atoms with van der Waals surface area (Å²) in [6.07, 6.45) is 9.56. The van der Waals surface area contributed by atoms with Gasteiger partial charge < -0.3 is 5.32 Å². The normalized spacial score (nSPS) is 18.3. The quantitative estimate of drug-likeness (QED) is 0.724. The molecule has 1 amide bonds. The SMILES string of the molecule is CC[C@H](Sc1ccc(Cl)cc1)C(=O)NC1CCCCCCC1. The van der Waals surface area contributed by atoms with Gasteiger partial charge in [-0.2, -0.15) is 0 Å². The van der Waals surface area contributed by atoms with Crippen molar-refractivity contribution >= 4 is 29.3 Å². The molecule has 1 aromatic rings. The third-order valence-corrected chi connectivity index (χ3v) is 5.83. The lowest BCUT2D eigenvalue weighted by Gasteiger charge is -2.23. The lowest BCUT2D eigenvalue weighted by molar-refractivity contribution is -0.121. The third-order valence-electron chi connectivity index (χ3n) is 4.21. The molecule has 0 bridgehead atoms. The molecule has 2 rings (SSSR count). The van der Waals surface area contributed by atoms with E-state index in [1.54, 1.807) is 11.8 Å². The number of carbonyl (C=O) groups excluding carboxylic acids is 1. The zero-order valence-corrected chi connectivity index (χ0v) is 14.9. The van der Waals surface area contributed by atoms with Crippen molar-refractivity contribution in [3.8, 4) is 0 Å². The van der Waals surface area contributed by atoms with Crippen molar-refractivity contribution in [2.45, 2.75) is 74.5 Å². The molecule has 4 heteroatoms. The van der Waals surface area contributed by atoms with Crippen LogP contribution in [-0.4, -0.2) is 17.2 Å². The Hall–Kier alpha value is -0.670. The fraction of sp³-hybridized carbons (Fsp3) is 0.611. The topological polar surface area (TPSA) is 29.1 Å². The van der Waals surface area contributed by atoms with E-state index in [1.807, 2.05) is 24.3 Å². The lowest BCUT2D eigenvalue weighted by Crippen LogP contribution is -2.40. The van der Waals surface area contributed by atoms with Crippen molar-refractivity contribution in [2.24, 2.45) is 0 Å². The van der Waals surface area contributed by atoms with Crippen LogP contribution in [0, 0.1) is 0 Å². The van der Waals surface area contributed by atoms with E-state index in [1.165, 1.54) is 32.1 Å². The minimum Gasteiger partial charge on any atom is -0.352 e. The summed E-state index contributed by atoms with van der Waals surface area (Å²) in [5.41, 5.74) is 0. The lowest BCUT2D eigenvalue weighted by atomic mass is 9.96. The summed E-state index contributed by atoms with van der Waals surface area (Å²) >= 11 is 7.55. The van der Waals surface area contributed by atoms with Crippen LogP contribution in [-0.2, 0) is 4.79 Å². The van der Waals surface area contributed by atoms with Gasteiger partial charge in [0.15, 0.2) is 0 Å². The van der Waals surface area contributed by atoms with Gasteiger partial charge in [-0.05, 0) is 43.5 Å². The molecule has 0 unspecified atom stereocenters. The zero-order chi connectivity index (χ0) is 15.8. The average Bonchev–Trinajstić information content (AvgIpc) is 2.49. The molecule has 2 nitrogen and oxygen atoms in total. The van der Waals surface area contributed by atoms with E-state index in [0.717, 1.165) is 29.2 Å². The van der Waals surface area contributed by atoms with Gasteiger partial charge in [-0.1, -0.05) is 50.6 Å². The van der Waals surface area contributed by atoms with Gasteiger partial charge in [0.1, 0.15) is 0 Å². The van der Waals surface area contributed by atoms with Crippen molar-refractivity contribution in [3.63, 3.8) is 0 Å². The first-order chi connectivity index (χ1) is 10.7. The first kappa shape index (κ1) is 17.7. The minimum absolute atomic E-state index is 0.0217. The van der Waals surface area contributed by atoms with E-state index in [9.17, 15) is 4.79 Å². The molecule has 1 atom stereocenters. The van der Waals surface area contributed by atoms with Gasteiger partial charge in [0.05, 0.1) is 5.25 Å². The van der Waals surface area contributed by atoms with Gasteiger partial charge >= 0.3 is 0 Å². The number of thioether (sulfide) groups is 1. The Morgan fingerprint density at radius 3 is 2.36 bits per heavy atom. The molecule has 0 heterocycles. The van der Waals surface area contributed by atoms with Crippen LogP contribution in [0.3, 0.4) is 0 Å². The maximum Gasteiger partial charge on any atom is 0.233 e. The van der Waals surface area contributed by atoms with Crippen molar-refractivity contribution in [3.05, 3.63) is 29.3 Å². The predicted octanol–water partition coefficient (Wildman–Crippen LogP) is 5.44. The molecule has 0 spiro atoms. The summed E-state index contributed by atoms with van der Waals surface area (Å²) in [4.78, 5) is 13.7. The highest BCUT2D eigenvalue weighted by Gasteiger charge is 2.21. The molecule has 1 saturated carbocycles. The first-order valence-electron chi connectivity index (χ1n) is 8.41. The van der Waals surface area contributed by atoms with Crippen LogP contribution in [0.25, 0.3) is 0 Å². The van der Waals surface area contributed by atoms with Crippen LogP contribution in [0.5, 0.6) is 0 Å². The predicted molar refractivity (Wildman–Crippen MR) is 95.6 cm³/mol. The standard InChI is InChI=1S/C18H26ClNOS/c1-2-17(22-16-12-10-14(19)11-13-16)18(21)20-15-8-6-4-3-5-7-9-15/h10-13,15,17H,2-9H2,1H3,(H,20,21)/t17-/m0/s1. The second-order valence-corrected chi connectivity index (χ2v) is 7.73. The summed E-state index contributed by atoms with van der Waals surface area (Å²) in [5.74, 6) is 0.188. The number of benzene rings is 1. The Morgan fingerprint density at radius 2 is 1.77 bits per heavy atom. The van der Waals surface area contributed by atoms with Gasteiger partial charge in [0.2, 0.25) is 5.91 Å². The number of amides is 1. The number of rotatable bonds is 5. The number of hydrogen-bond acceptors (Lipinski definition) is 2. The molecule has 1 fully saturated rings. The maximum absolute atomic E-state index is 12.6. The van der Waals surface area contributed by atoms with Crippen molar-refractivity contribution in [1.29, 1.82) is 0 Å². The maximum atomic E-state index is 12.6. The van der Waals surface area contributed by atoms with E-state index in [2.05, 4.69) is 12.2 Å². The van der Waals surface area contributed by atoms with Gasteiger partial charge in [0, 0.05) is 16.0 Å². The Labute approximate surface area is 143 Å². The van der Waals surface area contributed by atoms with Gasteiger partial charge in [-0.15, -0.1) is 11.8 Å². The van der Waals surface area contributed by atoms with Crippen LogP contribution in [0.4, 0.5) is 0 Å². The Balaban J connectivity index is 1.88. The van der Waals surface area contributed by atoms with Gasteiger partial charge in [-0.3, -0.25) is 4.79 Å². The number of nitrogens with one attached hydrogen (secondary N) is 1. The second kappa shape index (κ2) is 9.46. The highest BCUT2D eigenvalue weighted by molar-refractivity contribution is 8.00. The van der Waals surface area contributed by atoms with Crippen molar-refractivity contribution in [2.75, 3.05) is 0 Å². The Bertz CT molecular complexity index is 455. The molecular formula is C18H26ClNOS. The number of carbonyl (C=O) groups is 1. The fourth-order valence-electron chi connectivity index (χ4n) is 2.89. The minimum atomic E-state index is -0.0217. The van der Waals surface area contributed by atoms with Crippen LogP contribution in [0.1, 0.15) is 58.3 Å². The zero-order valence-electron chi connectivity index (χ0n) is 13.3. The average molecular weight is 340 g/mol. The summed E-state index contributed by atoms with van der Waals surface area (Å²) in [6.45, 7) is 2.07. The molecule has 1 aromatic carbocycles. The van der Waals surface area contributed by atoms with Gasteiger partial charge in [-0.25, -0.2) is 0 Å². The number of halogens is 1. The van der Waals surface area contributed by atoms with E-state index < -0.39 is 0 Å². The molecule has 0 saturated heterocycles. The summed E-state index contributed by atoms with van der Waals surface area (Å²) in [7, 11) is 0. The van der Waals surface area contributed by atoms with Crippen LogP contribution in [0.2, 0.25) is 5.02 Å². The van der Waals surface area contributed by atoms with Crippen LogP contribution < -0.4 is 5.32 Å². The second-order valence-electron chi connectivity index (χ2n) is 6.02. The van der Waals surface area contributed by atoms with E-state index in [0.29, 0.717) is 6.04 Å². The van der Waals surface area contributed by atoms with E-state index in [-0.39, 0.29) is 11.2 Å². The first-order valence-corrected chi connectivity index (χ1v) is 9.67. The van der Waals surface area contributed by atoms with E-state index >= 15 is 0 Å². The molecule has 0 aromatic heterocycles. The van der Waals surface area contributed by atoms with Crippen molar-refractivity contribution in [1.82, 2.24) is 5.32 Å². The van der Waals surface area contributed by atoms with Gasteiger partial charge in [0.25, 0.3) is 0 Å². The number of hydrogen-bond donors (Lipinski definition) is 1. The molecule has 1 aliphatic carbocycles. The largest absolute Gasteiger partial charge is 0.352 e.